The van der Waals surface area contributed by atoms with Gasteiger partial charge in [-0.2, -0.15) is 0 Å². The highest BCUT2D eigenvalue weighted by Crippen LogP contribution is 2.32. The van der Waals surface area contributed by atoms with Crippen LogP contribution in [0.15, 0.2) is 59.5 Å². The van der Waals surface area contributed by atoms with Crippen LogP contribution >= 0.6 is 11.6 Å². The minimum absolute atomic E-state index is 0.0254. The van der Waals surface area contributed by atoms with E-state index in [1.54, 1.807) is 12.1 Å². The maximum Gasteiger partial charge on any atom is 0.242 e. The van der Waals surface area contributed by atoms with Crippen molar-refractivity contribution in [2.45, 2.75) is 30.2 Å². The van der Waals surface area contributed by atoms with E-state index in [-0.39, 0.29) is 34.8 Å². The molecule has 2 aromatic rings. The minimum atomic E-state index is -3.73. The van der Waals surface area contributed by atoms with Gasteiger partial charge in [0.15, 0.2) is 0 Å². The highest BCUT2D eigenvalue weighted by molar-refractivity contribution is 7.89. The molecule has 0 saturated carbocycles. The van der Waals surface area contributed by atoms with Crippen molar-refractivity contribution in [3.8, 4) is 0 Å². The lowest BCUT2D eigenvalue weighted by Gasteiger charge is -2.25. The molecule has 0 aromatic heterocycles. The van der Waals surface area contributed by atoms with E-state index in [4.69, 9.17) is 11.6 Å². The van der Waals surface area contributed by atoms with Gasteiger partial charge in [0.2, 0.25) is 15.9 Å². The second kappa shape index (κ2) is 8.20. The second-order valence-corrected chi connectivity index (χ2v) is 8.38. The summed E-state index contributed by atoms with van der Waals surface area (Å²) in [5.41, 5.74) is 1.12. The maximum absolute atomic E-state index is 12.6. The summed E-state index contributed by atoms with van der Waals surface area (Å²) in [7, 11) is -3.73. The molecule has 26 heavy (non-hydrogen) atoms. The van der Waals surface area contributed by atoms with Gasteiger partial charge < -0.3 is 4.90 Å². The number of carbonyl (C=O) groups is 1. The molecule has 1 amide bonds. The van der Waals surface area contributed by atoms with Crippen molar-refractivity contribution >= 4 is 27.5 Å². The molecule has 2 aromatic carbocycles. The van der Waals surface area contributed by atoms with Crippen LogP contribution in [0.4, 0.5) is 0 Å². The van der Waals surface area contributed by atoms with Gasteiger partial charge in [0.1, 0.15) is 4.90 Å². The number of benzene rings is 2. The lowest BCUT2D eigenvalue weighted by molar-refractivity contribution is -0.131. The van der Waals surface area contributed by atoms with Gasteiger partial charge in [-0.1, -0.05) is 54.1 Å². The molecule has 1 aliphatic rings. The number of amides is 1. The topological polar surface area (TPSA) is 66.5 Å². The standard InChI is InChI=1S/C19H21ClN2O3S/c20-16-9-4-5-11-18(16)26(24,25)21-13-12-19(23)22-14-6-10-17(22)15-7-2-1-3-8-15/h1-5,7-9,11,17,21H,6,10,12-14H2. The summed E-state index contributed by atoms with van der Waals surface area (Å²) in [6.45, 7) is 0.750. The van der Waals surface area contributed by atoms with Crippen molar-refractivity contribution in [3.05, 3.63) is 65.2 Å². The lowest BCUT2D eigenvalue weighted by atomic mass is 10.0. The average molecular weight is 393 g/mol. The number of sulfonamides is 1. The highest BCUT2D eigenvalue weighted by atomic mass is 35.5. The summed E-state index contributed by atoms with van der Waals surface area (Å²) in [5.74, 6) is -0.0433. The quantitative estimate of drug-likeness (QED) is 0.819. The molecule has 1 unspecified atom stereocenters. The Balaban J connectivity index is 1.60. The predicted octanol–water partition coefficient (Wildman–Crippen LogP) is 3.37. The van der Waals surface area contributed by atoms with Crippen LogP contribution in [0, 0.1) is 0 Å². The highest BCUT2D eigenvalue weighted by Gasteiger charge is 2.29. The van der Waals surface area contributed by atoms with E-state index >= 15 is 0 Å². The molecule has 1 fully saturated rings. The third-order valence-electron chi connectivity index (χ3n) is 4.51. The number of hydrogen-bond acceptors (Lipinski definition) is 3. The summed E-state index contributed by atoms with van der Waals surface area (Å²) in [6.07, 6.45) is 2.00. The summed E-state index contributed by atoms with van der Waals surface area (Å²) in [6, 6.07) is 16.3. The van der Waals surface area contributed by atoms with Crippen molar-refractivity contribution < 1.29 is 13.2 Å². The van der Waals surface area contributed by atoms with Gasteiger partial charge in [-0.3, -0.25) is 4.79 Å². The number of nitrogens with zero attached hydrogens (tertiary/aromatic N) is 1. The Morgan fingerprint density at radius 3 is 2.54 bits per heavy atom. The molecule has 0 radical (unpaired) electrons. The van der Waals surface area contributed by atoms with Gasteiger partial charge in [-0.05, 0) is 30.5 Å². The monoisotopic (exact) mass is 392 g/mol. The van der Waals surface area contributed by atoms with Crippen molar-refractivity contribution in [1.29, 1.82) is 0 Å². The Hall–Kier alpha value is -1.89. The van der Waals surface area contributed by atoms with Crippen LogP contribution in [0.1, 0.15) is 30.9 Å². The molecule has 1 saturated heterocycles. The maximum atomic E-state index is 12.6. The van der Waals surface area contributed by atoms with E-state index < -0.39 is 10.0 Å². The Morgan fingerprint density at radius 2 is 1.81 bits per heavy atom. The third-order valence-corrected chi connectivity index (χ3v) is 6.48. The Kier molecular flexibility index (Phi) is 5.96. The molecule has 0 bridgehead atoms. The summed E-state index contributed by atoms with van der Waals surface area (Å²) >= 11 is 5.95. The Labute approximate surface area is 159 Å². The second-order valence-electron chi connectivity index (χ2n) is 6.23. The van der Waals surface area contributed by atoms with Gasteiger partial charge in [0.25, 0.3) is 0 Å². The van der Waals surface area contributed by atoms with Crippen LogP contribution in [0.25, 0.3) is 0 Å². The van der Waals surface area contributed by atoms with Crippen molar-refractivity contribution in [2.24, 2.45) is 0 Å². The van der Waals surface area contributed by atoms with E-state index in [0.717, 1.165) is 18.4 Å². The minimum Gasteiger partial charge on any atom is -0.336 e. The van der Waals surface area contributed by atoms with Crippen molar-refractivity contribution in [2.75, 3.05) is 13.1 Å². The Morgan fingerprint density at radius 1 is 1.12 bits per heavy atom. The molecule has 0 spiro atoms. The summed E-state index contributed by atoms with van der Waals surface area (Å²) in [4.78, 5) is 14.5. The first-order valence-electron chi connectivity index (χ1n) is 8.57. The zero-order valence-electron chi connectivity index (χ0n) is 14.3. The third kappa shape index (κ3) is 4.26. The van der Waals surface area contributed by atoms with Gasteiger partial charge in [0.05, 0.1) is 11.1 Å². The van der Waals surface area contributed by atoms with Crippen LogP contribution in [-0.2, 0) is 14.8 Å². The van der Waals surface area contributed by atoms with Crippen LogP contribution in [-0.4, -0.2) is 32.3 Å². The zero-order valence-corrected chi connectivity index (χ0v) is 15.8. The molecule has 0 aliphatic carbocycles. The van der Waals surface area contributed by atoms with Gasteiger partial charge in [0, 0.05) is 19.5 Å². The predicted molar refractivity (Wildman–Crippen MR) is 101 cm³/mol. The molecule has 3 rings (SSSR count). The van der Waals surface area contributed by atoms with E-state index in [2.05, 4.69) is 4.72 Å². The first-order valence-corrected chi connectivity index (χ1v) is 10.4. The molecule has 138 valence electrons. The number of likely N-dealkylation sites (tertiary alicyclic amines) is 1. The fourth-order valence-corrected chi connectivity index (χ4v) is 4.81. The van der Waals surface area contributed by atoms with E-state index in [1.165, 1.54) is 12.1 Å². The summed E-state index contributed by atoms with van der Waals surface area (Å²) in [5, 5.41) is 0.162. The molecule has 5 nitrogen and oxygen atoms in total. The van der Waals surface area contributed by atoms with Crippen LogP contribution in [0.3, 0.4) is 0 Å². The van der Waals surface area contributed by atoms with Crippen LogP contribution in [0.5, 0.6) is 0 Å². The first-order chi connectivity index (χ1) is 12.5. The SMILES string of the molecule is O=C(CCNS(=O)(=O)c1ccccc1Cl)N1CCCC1c1ccccc1. The van der Waals surface area contributed by atoms with Gasteiger partial charge >= 0.3 is 0 Å². The van der Waals surface area contributed by atoms with Gasteiger partial charge in [-0.15, -0.1) is 0 Å². The molecule has 7 heteroatoms. The number of carbonyl (C=O) groups excluding carboxylic acids is 1. The molecular formula is C19H21ClN2O3S. The smallest absolute Gasteiger partial charge is 0.242 e. The fourth-order valence-electron chi connectivity index (χ4n) is 3.26. The van der Waals surface area contributed by atoms with Crippen LogP contribution < -0.4 is 4.72 Å². The zero-order chi connectivity index (χ0) is 18.6. The van der Waals surface area contributed by atoms with E-state index in [1.807, 2.05) is 35.2 Å². The number of nitrogens with one attached hydrogen (secondary N) is 1. The number of hydrogen-bond donors (Lipinski definition) is 1. The number of halogens is 1. The average Bonchev–Trinajstić information content (AvgIpc) is 3.12. The number of rotatable bonds is 6. The molecule has 1 N–H and O–H groups in total. The molecule has 1 heterocycles. The fraction of sp³-hybridized carbons (Fsp3) is 0.316. The van der Waals surface area contributed by atoms with Crippen molar-refractivity contribution in [3.63, 3.8) is 0 Å². The molecule has 1 aliphatic heterocycles. The van der Waals surface area contributed by atoms with Crippen molar-refractivity contribution in [1.82, 2.24) is 9.62 Å². The lowest BCUT2D eigenvalue weighted by Crippen LogP contribution is -2.34. The van der Waals surface area contributed by atoms with Gasteiger partial charge in [-0.25, -0.2) is 13.1 Å². The van der Waals surface area contributed by atoms with Crippen LogP contribution in [0.2, 0.25) is 5.02 Å². The largest absolute Gasteiger partial charge is 0.336 e. The van der Waals surface area contributed by atoms with E-state index in [9.17, 15) is 13.2 Å². The summed E-state index contributed by atoms with van der Waals surface area (Å²) < 4.78 is 27.1. The first kappa shape index (κ1) is 18.9. The normalized spacial score (nSPS) is 17.4. The Bertz CT molecular complexity index is 871. The van der Waals surface area contributed by atoms with E-state index in [0.29, 0.717) is 6.54 Å². The molecule has 1 atom stereocenters. The molecular weight excluding hydrogens is 372 g/mol.